The third-order valence-corrected chi connectivity index (χ3v) is 6.31. The van der Waals surface area contributed by atoms with E-state index < -0.39 is 11.6 Å². The number of hydrogen-bond acceptors (Lipinski definition) is 6. The van der Waals surface area contributed by atoms with Crippen LogP contribution in [0.4, 0.5) is 8.78 Å². The van der Waals surface area contributed by atoms with Crippen LogP contribution in [0.3, 0.4) is 0 Å². The zero-order valence-corrected chi connectivity index (χ0v) is 19.3. The van der Waals surface area contributed by atoms with E-state index in [2.05, 4.69) is 27.2 Å². The number of halogens is 2. The molecule has 4 aromatic rings. The Balaban J connectivity index is 1.34. The van der Waals surface area contributed by atoms with Crippen LogP contribution in [0.15, 0.2) is 63.9 Å². The molecule has 7 nitrogen and oxygen atoms in total. The fourth-order valence-electron chi connectivity index (χ4n) is 4.37. The Hall–Kier alpha value is -3.72. The van der Waals surface area contributed by atoms with Crippen molar-refractivity contribution in [2.45, 2.75) is 25.8 Å². The molecule has 0 atom stereocenters. The summed E-state index contributed by atoms with van der Waals surface area (Å²) in [6.07, 6.45) is 3.01. The Labute approximate surface area is 201 Å². The maximum Gasteiger partial charge on any atom is 0.267 e. The van der Waals surface area contributed by atoms with E-state index >= 15 is 0 Å². The Bertz CT molecular complexity index is 1370. The van der Waals surface area contributed by atoms with Crippen LogP contribution in [0.2, 0.25) is 0 Å². The van der Waals surface area contributed by atoms with Crippen molar-refractivity contribution in [1.82, 2.24) is 24.8 Å². The van der Waals surface area contributed by atoms with Crippen LogP contribution in [0.25, 0.3) is 22.6 Å². The maximum absolute atomic E-state index is 13.6. The van der Waals surface area contributed by atoms with Gasteiger partial charge in [0.15, 0.2) is 0 Å². The predicted molar refractivity (Wildman–Crippen MR) is 127 cm³/mol. The first-order valence-corrected chi connectivity index (χ1v) is 11.6. The topological polar surface area (TPSA) is 77.1 Å². The van der Waals surface area contributed by atoms with Gasteiger partial charge in [0, 0.05) is 29.7 Å². The summed E-state index contributed by atoms with van der Waals surface area (Å²) in [4.78, 5) is 19.3. The van der Waals surface area contributed by atoms with Gasteiger partial charge in [-0.15, -0.1) is 0 Å². The summed E-state index contributed by atoms with van der Waals surface area (Å²) in [6.45, 7) is 2.34. The van der Waals surface area contributed by atoms with Crippen molar-refractivity contribution in [2.24, 2.45) is 5.92 Å². The molecule has 0 spiro atoms. The third-order valence-electron chi connectivity index (χ3n) is 6.31. The smallest absolute Gasteiger partial charge is 0.267 e. The van der Waals surface area contributed by atoms with Crippen molar-refractivity contribution in [1.29, 1.82) is 0 Å². The first-order valence-electron chi connectivity index (χ1n) is 11.6. The highest BCUT2D eigenvalue weighted by atomic mass is 19.1. The van der Waals surface area contributed by atoms with Crippen LogP contribution in [-0.2, 0) is 13.0 Å². The monoisotopic (exact) mass is 477 g/mol. The molecule has 0 saturated carbocycles. The average molecular weight is 478 g/mol. The molecule has 0 N–H and O–H groups in total. The largest absolute Gasteiger partial charge is 0.339 e. The van der Waals surface area contributed by atoms with Gasteiger partial charge in [-0.2, -0.15) is 10.1 Å². The molecular weight excluding hydrogens is 452 g/mol. The summed E-state index contributed by atoms with van der Waals surface area (Å²) >= 11 is 0. The molecule has 0 bridgehead atoms. The van der Waals surface area contributed by atoms with Gasteiger partial charge in [-0.3, -0.25) is 4.79 Å². The van der Waals surface area contributed by atoms with Crippen molar-refractivity contribution >= 4 is 0 Å². The SMILES string of the molecule is CN1CCC(Cc2nc(-c3cccc(Cn4nc(-c5cc(F)cc(F)c5)ccc4=O)c3)no2)CC1. The van der Waals surface area contributed by atoms with Crippen LogP contribution in [-0.4, -0.2) is 45.0 Å². The van der Waals surface area contributed by atoms with Gasteiger partial charge in [-0.1, -0.05) is 23.4 Å². The number of rotatable bonds is 6. The highest BCUT2D eigenvalue weighted by Gasteiger charge is 2.20. The Morgan fingerprint density at radius 3 is 2.54 bits per heavy atom. The van der Waals surface area contributed by atoms with Gasteiger partial charge in [0.1, 0.15) is 11.6 Å². The van der Waals surface area contributed by atoms with Gasteiger partial charge < -0.3 is 9.42 Å². The number of aromatic nitrogens is 4. The third kappa shape index (κ3) is 5.51. The van der Waals surface area contributed by atoms with Crippen molar-refractivity contribution in [3.05, 3.63) is 88.0 Å². The minimum absolute atomic E-state index is 0.179. The first-order chi connectivity index (χ1) is 16.9. The lowest BCUT2D eigenvalue weighted by molar-refractivity contribution is 0.208. The first kappa shape index (κ1) is 23.0. The molecule has 0 unspecified atom stereocenters. The number of likely N-dealkylation sites (tertiary alicyclic amines) is 1. The highest BCUT2D eigenvalue weighted by Crippen LogP contribution is 2.23. The van der Waals surface area contributed by atoms with Crippen molar-refractivity contribution in [2.75, 3.05) is 20.1 Å². The van der Waals surface area contributed by atoms with E-state index in [1.54, 1.807) is 0 Å². The zero-order chi connectivity index (χ0) is 24.4. The van der Waals surface area contributed by atoms with E-state index in [1.807, 2.05) is 24.3 Å². The average Bonchev–Trinajstić information content (AvgIpc) is 3.30. The van der Waals surface area contributed by atoms with Crippen LogP contribution in [0.1, 0.15) is 24.3 Å². The van der Waals surface area contributed by atoms with Crippen LogP contribution >= 0.6 is 0 Å². The molecule has 5 rings (SSSR count). The normalized spacial score (nSPS) is 14.9. The number of benzene rings is 2. The molecule has 1 saturated heterocycles. The van der Waals surface area contributed by atoms with Gasteiger partial charge in [0.2, 0.25) is 11.7 Å². The number of hydrogen-bond donors (Lipinski definition) is 0. The van der Waals surface area contributed by atoms with E-state index in [1.165, 1.54) is 28.9 Å². The van der Waals surface area contributed by atoms with Crippen LogP contribution < -0.4 is 5.56 Å². The molecule has 1 aliphatic rings. The summed E-state index contributed by atoms with van der Waals surface area (Å²) < 4.78 is 34.0. The van der Waals surface area contributed by atoms with Gasteiger partial charge in [-0.25, -0.2) is 13.5 Å². The minimum Gasteiger partial charge on any atom is -0.339 e. The molecule has 9 heteroatoms. The van der Waals surface area contributed by atoms with Gasteiger partial charge in [0.05, 0.1) is 12.2 Å². The summed E-state index contributed by atoms with van der Waals surface area (Å²) in [5, 5.41) is 8.47. The second-order valence-corrected chi connectivity index (χ2v) is 9.04. The lowest BCUT2D eigenvalue weighted by atomic mass is 9.94. The zero-order valence-electron chi connectivity index (χ0n) is 19.3. The summed E-state index contributed by atoms with van der Waals surface area (Å²) in [5.74, 6) is 0.264. The minimum atomic E-state index is -0.706. The maximum atomic E-state index is 13.6. The molecule has 1 fully saturated rings. The fourth-order valence-corrected chi connectivity index (χ4v) is 4.37. The van der Waals surface area contributed by atoms with E-state index in [-0.39, 0.29) is 17.7 Å². The van der Waals surface area contributed by atoms with E-state index in [0.29, 0.717) is 23.3 Å². The molecule has 3 heterocycles. The van der Waals surface area contributed by atoms with Crippen molar-refractivity contribution < 1.29 is 13.3 Å². The van der Waals surface area contributed by atoms with Crippen molar-refractivity contribution in [3.8, 4) is 22.6 Å². The lowest BCUT2D eigenvalue weighted by Gasteiger charge is -2.27. The molecule has 0 aliphatic carbocycles. The second kappa shape index (κ2) is 9.87. The standard InChI is InChI=1S/C26H25F2N5O2/c1-32-9-7-17(8-10-32)12-24-29-26(31-35-24)19-4-2-3-18(11-19)16-33-25(34)6-5-23(30-33)20-13-21(27)15-22(28)14-20/h2-6,11,13-15,17H,7-10,12,16H2,1H3. The molecule has 180 valence electrons. The van der Waals surface area contributed by atoms with Gasteiger partial charge in [-0.05, 0) is 68.7 Å². The Morgan fingerprint density at radius 1 is 1.00 bits per heavy atom. The van der Waals surface area contributed by atoms with E-state index in [9.17, 15) is 13.6 Å². The fraction of sp³-hybridized carbons (Fsp3) is 0.308. The number of nitrogens with zero attached hydrogens (tertiary/aromatic N) is 5. The second-order valence-electron chi connectivity index (χ2n) is 9.04. The number of piperidine rings is 1. The molecule has 0 amide bonds. The summed E-state index contributed by atoms with van der Waals surface area (Å²) in [6, 6.07) is 13.4. The molecule has 2 aromatic carbocycles. The predicted octanol–water partition coefficient (Wildman–Crippen LogP) is 4.17. The highest BCUT2D eigenvalue weighted by molar-refractivity contribution is 5.58. The molecule has 0 radical (unpaired) electrons. The molecule has 1 aliphatic heterocycles. The van der Waals surface area contributed by atoms with Crippen LogP contribution in [0.5, 0.6) is 0 Å². The molecular formula is C26H25F2N5O2. The molecule has 35 heavy (non-hydrogen) atoms. The van der Waals surface area contributed by atoms with E-state index in [0.717, 1.165) is 49.5 Å². The van der Waals surface area contributed by atoms with Gasteiger partial charge >= 0.3 is 0 Å². The summed E-state index contributed by atoms with van der Waals surface area (Å²) in [7, 11) is 2.13. The van der Waals surface area contributed by atoms with Crippen LogP contribution in [0, 0.1) is 17.6 Å². The lowest BCUT2D eigenvalue weighted by Crippen LogP contribution is -2.30. The summed E-state index contributed by atoms with van der Waals surface area (Å²) in [5.41, 5.74) is 1.82. The molecule has 2 aromatic heterocycles. The van der Waals surface area contributed by atoms with Gasteiger partial charge in [0.25, 0.3) is 5.56 Å². The quantitative estimate of drug-likeness (QED) is 0.415. The van der Waals surface area contributed by atoms with Crippen molar-refractivity contribution in [3.63, 3.8) is 0 Å². The Kier molecular flexibility index (Phi) is 6.50. The Morgan fingerprint density at radius 2 is 1.77 bits per heavy atom. The van der Waals surface area contributed by atoms with E-state index in [4.69, 9.17) is 4.52 Å².